The van der Waals surface area contributed by atoms with Gasteiger partial charge in [-0.05, 0) is 37.1 Å². The van der Waals surface area contributed by atoms with E-state index in [2.05, 4.69) is 10.6 Å². The summed E-state index contributed by atoms with van der Waals surface area (Å²) in [6.45, 7) is 5.88. The summed E-state index contributed by atoms with van der Waals surface area (Å²) in [4.78, 5) is 23.1. The van der Waals surface area contributed by atoms with Crippen LogP contribution in [0.15, 0.2) is 24.3 Å². The second-order valence-corrected chi connectivity index (χ2v) is 4.90. The van der Waals surface area contributed by atoms with E-state index >= 15 is 0 Å². The number of rotatable bonds is 6. The van der Waals surface area contributed by atoms with Gasteiger partial charge >= 0.3 is 0 Å². The molecule has 21 heavy (non-hydrogen) atoms. The van der Waals surface area contributed by atoms with Gasteiger partial charge in [0.1, 0.15) is 0 Å². The van der Waals surface area contributed by atoms with Crippen molar-refractivity contribution in [1.82, 2.24) is 5.32 Å². The van der Waals surface area contributed by atoms with E-state index in [1.54, 1.807) is 24.3 Å². The average molecular weight is 314 g/mol. The Balaban J connectivity index is 0.00000400. The molecule has 4 N–H and O–H groups in total. The number of carbonyl (C=O) groups excluding carboxylic acids is 2. The number of hydrogen-bond donors (Lipinski definition) is 3. The van der Waals surface area contributed by atoms with Crippen LogP contribution in [0, 0.1) is 0 Å². The molecule has 118 valence electrons. The Morgan fingerprint density at radius 2 is 1.67 bits per heavy atom. The van der Waals surface area contributed by atoms with Crippen molar-refractivity contribution in [1.29, 1.82) is 0 Å². The van der Waals surface area contributed by atoms with Crippen LogP contribution in [0.25, 0.3) is 0 Å². The third kappa shape index (κ3) is 5.36. The van der Waals surface area contributed by atoms with Crippen molar-refractivity contribution < 1.29 is 9.59 Å². The van der Waals surface area contributed by atoms with Crippen LogP contribution in [0.4, 0.5) is 5.69 Å². The summed E-state index contributed by atoms with van der Waals surface area (Å²) in [6.07, 6.45) is 1.57. The Labute approximate surface area is 132 Å². The highest BCUT2D eigenvalue weighted by molar-refractivity contribution is 5.95. The van der Waals surface area contributed by atoms with Crippen molar-refractivity contribution in [2.75, 3.05) is 11.9 Å². The molecule has 0 aliphatic rings. The topological polar surface area (TPSA) is 84.2 Å². The first-order valence-electron chi connectivity index (χ1n) is 6.86. The molecule has 0 fully saturated rings. The first kappa shape index (κ1) is 19.4. The van der Waals surface area contributed by atoms with E-state index in [-0.39, 0.29) is 29.8 Å². The number of halogens is 1. The Morgan fingerprint density at radius 1 is 1.14 bits per heavy atom. The molecular formula is C15H24ClN3O2. The first-order chi connectivity index (χ1) is 9.46. The number of anilines is 1. The molecule has 0 bridgehead atoms. The van der Waals surface area contributed by atoms with Gasteiger partial charge in [0, 0.05) is 24.7 Å². The number of carbonyl (C=O) groups is 2. The standard InChI is InChI=1S/C15H23N3O2.ClH/c1-4-15(5-2,10-16)18-14(20)12-6-8-13(9-7-12)17-11(3)19;/h6-9H,4-5,10,16H2,1-3H3,(H,17,19)(H,18,20);1H. The molecule has 0 heterocycles. The smallest absolute Gasteiger partial charge is 0.251 e. The summed E-state index contributed by atoms with van der Waals surface area (Å²) < 4.78 is 0. The molecule has 1 aromatic rings. The maximum atomic E-state index is 12.2. The SMILES string of the molecule is CCC(CC)(CN)NC(=O)c1ccc(NC(C)=O)cc1.Cl. The highest BCUT2D eigenvalue weighted by Gasteiger charge is 2.26. The fourth-order valence-electron chi connectivity index (χ4n) is 1.99. The van der Waals surface area contributed by atoms with Gasteiger partial charge < -0.3 is 16.4 Å². The molecule has 0 unspecified atom stereocenters. The van der Waals surface area contributed by atoms with Gasteiger partial charge in [0.05, 0.1) is 5.54 Å². The highest BCUT2D eigenvalue weighted by atomic mass is 35.5. The van der Waals surface area contributed by atoms with Crippen molar-refractivity contribution in [2.45, 2.75) is 39.2 Å². The maximum Gasteiger partial charge on any atom is 0.251 e. The molecule has 0 aromatic heterocycles. The molecule has 0 aliphatic heterocycles. The molecule has 1 rings (SSSR count). The second-order valence-electron chi connectivity index (χ2n) is 4.90. The minimum atomic E-state index is -0.354. The van der Waals surface area contributed by atoms with E-state index in [0.29, 0.717) is 17.8 Å². The number of nitrogens with one attached hydrogen (secondary N) is 2. The van der Waals surface area contributed by atoms with Crippen LogP contribution >= 0.6 is 12.4 Å². The predicted molar refractivity (Wildman–Crippen MR) is 87.8 cm³/mol. The summed E-state index contributed by atoms with van der Waals surface area (Å²) in [5.41, 5.74) is 6.64. The minimum absolute atomic E-state index is 0. The Morgan fingerprint density at radius 3 is 2.05 bits per heavy atom. The van der Waals surface area contributed by atoms with Crippen molar-refractivity contribution >= 4 is 29.9 Å². The van der Waals surface area contributed by atoms with E-state index < -0.39 is 0 Å². The molecule has 5 nitrogen and oxygen atoms in total. The van der Waals surface area contributed by atoms with Crippen molar-refractivity contribution in [3.05, 3.63) is 29.8 Å². The Bertz CT molecular complexity index is 462. The van der Waals surface area contributed by atoms with Crippen LogP contribution in [0.5, 0.6) is 0 Å². The van der Waals surface area contributed by atoms with E-state index in [1.165, 1.54) is 6.92 Å². The molecule has 1 aromatic carbocycles. The molecule has 0 saturated heterocycles. The van der Waals surface area contributed by atoms with Gasteiger partial charge in [-0.25, -0.2) is 0 Å². The third-order valence-corrected chi connectivity index (χ3v) is 3.59. The van der Waals surface area contributed by atoms with Crippen LogP contribution in [0.2, 0.25) is 0 Å². The minimum Gasteiger partial charge on any atom is -0.345 e. The van der Waals surface area contributed by atoms with Crippen molar-refractivity contribution in [3.63, 3.8) is 0 Å². The molecule has 2 amide bonds. The van der Waals surface area contributed by atoms with Crippen molar-refractivity contribution in [3.8, 4) is 0 Å². The van der Waals surface area contributed by atoms with E-state index in [4.69, 9.17) is 5.73 Å². The van der Waals surface area contributed by atoms with Gasteiger partial charge in [0.2, 0.25) is 5.91 Å². The quantitative estimate of drug-likeness (QED) is 0.753. The lowest BCUT2D eigenvalue weighted by Gasteiger charge is -2.31. The summed E-state index contributed by atoms with van der Waals surface area (Å²) in [6, 6.07) is 6.79. The van der Waals surface area contributed by atoms with Gasteiger partial charge in [-0.2, -0.15) is 0 Å². The van der Waals surface area contributed by atoms with Gasteiger partial charge in [-0.3, -0.25) is 9.59 Å². The van der Waals surface area contributed by atoms with Gasteiger partial charge in [0.25, 0.3) is 5.91 Å². The Hall–Kier alpha value is -1.59. The lowest BCUT2D eigenvalue weighted by molar-refractivity contribution is -0.114. The number of benzene rings is 1. The highest BCUT2D eigenvalue weighted by Crippen LogP contribution is 2.15. The molecule has 0 saturated carbocycles. The number of nitrogens with two attached hydrogens (primary N) is 1. The molecular weight excluding hydrogens is 290 g/mol. The monoisotopic (exact) mass is 313 g/mol. The second kappa shape index (κ2) is 8.64. The normalized spacial score (nSPS) is 10.5. The summed E-state index contributed by atoms with van der Waals surface area (Å²) in [5, 5.41) is 5.67. The van der Waals surface area contributed by atoms with Crippen LogP contribution in [-0.4, -0.2) is 23.9 Å². The van der Waals surface area contributed by atoms with Gasteiger partial charge in [0.15, 0.2) is 0 Å². The molecule has 0 aliphatic carbocycles. The maximum absolute atomic E-state index is 12.2. The van der Waals surface area contributed by atoms with E-state index in [9.17, 15) is 9.59 Å². The third-order valence-electron chi connectivity index (χ3n) is 3.59. The van der Waals surface area contributed by atoms with Crippen LogP contribution in [0.1, 0.15) is 44.0 Å². The largest absolute Gasteiger partial charge is 0.345 e. The van der Waals surface area contributed by atoms with E-state index in [1.807, 2.05) is 13.8 Å². The molecule has 0 atom stereocenters. The van der Waals surface area contributed by atoms with Crippen LogP contribution < -0.4 is 16.4 Å². The summed E-state index contributed by atoms with van der Waals surface area (Å²) in [7, 11) is 0. The lowest BCUT2D eigenvalue weighted by atomic mass is 9.92. The predicted octanol–water partition coefficient (Wildman–Crippen LogP) is 2.31. The zero-order valence-electron chi connectivity index (χ0n) is 12.7. The summed E-state index contributed by atoms with van der Waals surface area (Å²) in [5.74, 6) is -0.283. The lowest BCUT2D eigenvalue weighted by Crippen LogP contribution is -2.52. The Kier molecular flexibility index (Phi) is 7.99. The van der Waals surface area contributed by atoms with Crippen LogP contribution in [0.3, 0.4) is 0 Å². The number of amides is 2. The van der Waals surface area contributed by atoms with Gasteiger partial charge in [-0.1, -0.05) is 13.8 Å². The molecule has 6 heteroatoms. The van der Waals surface area contributed by atoms with Crippen LogP contribution in [-0.2, 0) is 4.79 Å². The van der Waals surface area contributed by atoms with Gasteiger partial charge in [-0.15, -0.1) is 12.4 Å². The summed E-state index contributed by atoms with van der Waals surface area (Å²) >= 11 is 0. The number of hydrogen-bond acceptors (Lipinski definition) is 3. The van der Waals surface area contributed by atoms with Crippen molar-refractivity contribution in [2.24, 2.45) is 5.73 Å². The zero-order chi connectivity index (χ0) is 15.2. The zero-order valence-corrected chi connectivity index (χ0v) is 13.5. The van der Waals surface area contributed by atoms with E-state index in [0.717, 1.165) is 12.8 Å². The first-order valence-corrected chi connectivity index (χ1v) is 6.86. The molecule has 0 radical (unpaired) electrons. The fraction of sp³-hybridized carbons (Fsp3) is 0.467. The average Bonchev–Trinajstić information content (AvgIpc) is 2.45. The fourth-order valence-corrected chi connectivity index (χ4v) is 1.99. The molecule has 0 spiro atoms.